The van der Waals surface area contributed by atoms with Crippen molar-refractivity contribution in [2.75, 3.05) is 5.73 Å². The van der Waals surface area contributed by atoms with Gasteiger partial charge < -0.3 is 0 Å². The molecule has 0 saturated heterocycles. The molecule has 0 aliphatic heterocycles. The zero-order chi connectivity index (χ0) is 28.4. The molecule has 0 spiro atoms. The van der Waals surface area contributed by atoms with Gasteiger partial charge in [0.1, 0.15) is 0 Å². The fourth-order valence-corrected chi connectivity index (χ4v) is 7.28. The van der Waals surface area contributed by atoms with Gasteiger partial charge in [0, 0.05) is 5.02 Å². The molecular formula is C29H29Cl2N3O4Sn. The molecule has 0 bridgehead atoms. The minimum atomic E-state index is -3.32. The number of nitrogen functional groups attached to an aromatic ring is 1. The summed E-state index contributed by atoms with van der Waals surface area (Å²) >= 11 is 8.86. The average Bonchev–Trinajstić information content (AvgIpc) is 3.25. The Morgan fingerprint density at radius 3 is 2.44 bits per heavy atom. The van der Waals surface area contributed by atoms with Crippen molar-refractivity contribution in [3.8, 4) is 11.1 Å². The van der Waals surface area contributed by atoms with E-state index < -0.39 is 31.8 Å². The van der Waals surface area contributed by atoms with Crippen LogP contribution in [0.15, 0.2) is 65.1 Å². The van der Waals surface area contributed by atoms with Crippen LogP contribution in [0.2, 0.25) is 15.0 Å². The number of benzene rings is 3. The maximum absolute atomic E-state index is 13.1. The van der Waals surface area contributed by atoms with Crippen LogP contribution in [-0.2, 0) is 14.4 Å². The Morgan fingerprint density at radius 2 is 1.77 bits per heavy atom. The molecule has 4 N–H and O–H groups in total. The van der Waals surface area contributed by atoms with Gasteiger partial charge in [0.15, 0.2) is 0 Å². The first kappa shape index (κ1) is 29.3. The van der Waals surface area contributed by atoms with Gasteiger partial charge in [0.25, 0.3) is 0 Å². The number of halogens is 2. The molecule has 39 heavy (non-hydrogen) atoms. The summed E-state index contributed by atoms with van der Waals surface area (Å²) < 4.78 is 20.0. The van der Waals surface area contributed by atoms with E-state index in [1.807, 2.05) is 44.2 Å². The number of furan rings is 1. The van der Waals surface area contributed by atoms with E-state index in [1.54, 1.807) is 23.1 Å². The number of anilines is 1. The molecule has 1 aromatic heterocycles. The monoisotopic (exact) mass is 673 g/mol. The molecule has 2 atom stereocenters. The number of rotatable bonds is 9. The Hall–Kier alpha value is -2.72. The van der Waals surface area contributed by atoms with Crippen molar-refractivity contribution in [2.45, 2.75) is 37.8 Å². The van der Waals surface area contributed by atoms with E-state index in [4.69, 9.17) is 39.1 Å². The van der Waals surface area contributed by atoms with Gasteiger partial charge in [-0.25, -0.2) is 0 Å². The minimum absolute atomic E-state index is 0.00313. The van der Waals surface area contributed by atoms with Gasteiger partial charge in [-0.15, -0.1) is 0 Å². The number of nitrogens with two attached hydrogens (primary N) is 2. The summed E-state index contributed by atoms with van der Waals surface area (Å²) in [6.07, 6.45) is 0.761. The van der Waals surface area contributed by atoms with Gasteiger partial charge in [-0.05, 0) is 18.2 Å². The van der Waals surface area contributed by atoms with Crippen molar-refractivity contribution in [3.63, 3.8) is 0 Å². The van der Waals surface area contributed by atoms with Crippen molar-refractivity contribution < 1.29 is 17.1 Å². The van der Waals surface area contributed by atoms with Crippen LogP contribution in [0.25, 0.3) is 22.1 Å². The normalized spacial score (nSPS) is 12.8. The van der Waals surface area contributed by atoms with Crippen LogP contribution in [-0.4, -0.2) is 40.9 Å². The molecule has 0 unspecified atom stereocenters. The first-order chi connectivity index (χ1) is 18.5. The number of hydrogen-bond acceptors (Lipinski definition) is 6. The van der Waals surface area contributed by atoms with E-state index in [0.717, 1.165) is 23.1 Å². The van der Waals surface area contributed by atoms with Gasteiger partial charge in [0.2, 0.25) is 0 Å². The van der Waals surface area contributed by atoms with E-state index in [2.05, 4.69) is 0 Å². The summed E-state index contributed by atoms with van der Waals surface area (Å²) in [6.45, 7) is 4.12. The quantitative estimate of drug-likeness (QED) is 0.155. The SMILES string of the molecule is CC[C@H](C)[C@@H](N)C(=O)[N](Cc1cccc(-c2ccc3c(N)c(C(=O)c4ccc(Cl)cc4Cl)oc3c2)c1)[Sn]([CH3])=[O]. The number of carbonyl (C=O) groups excluding carboxylic acids is 2. The zero-order valence-electron chi connectivity index (χ0n) is 21.8. The van der Waals surface area contributed by atoms with Crippen molar-refractivity contribution in [1.29, 1.82) is 0 Å². The van der Waals surface area contributed by atoms with E-state index >= 15 is 0 Å². The first-order valence-electron chi connectivity index (χ1n) is 12.5. The second-order valence-electron chi connectivity index (χ2n) is 9.56. The fourth-order valence-electron chi connectivity index (χ4n) is 4.31. The summed E-state index contributed by atoms with van der Waals surface area (Å²) in [6, 6.07) is 17.0. The standard InChI is InChI=1S/C28H27Cl2N3O3.CH3.O.Sn/c1-3-15(2)24(31)28(35)33-14-16-5-4-6-17(11-16)18-7-9-21-23(12-18)36-27(25(21)32)26(34)20-10-8-19(29)13-22(20)30;;;/h4-13,15,24H,3,14,31H2,1-2H3,(H3,32,33,34,35);1H3;;/q;;;+1/p-1/t15-,24+;;;/m0.../s1. The van der Waals surface area contributed by atoms with Gasteiger partial charge in [-0.1, -0.05) is 23.2 Å². The number of carbonyl (C=O) groups is 2. The molecule has 0 fully saturated rings. The third-order valence-corrected chi connectivity index (χ3v) is 10.7. The summed E-state index contributed by atoms with van der Waals surface area (Å²) in [4.78, 5) is 27.8. The predicted molar refractivity (Wildman–Crippen MR) is 156 cm³/mol. The molecule has 0 aliphatic rings. The number of amides is 1. The molecule has 0 radical (unpaired) electrons. The molecule has 4 rings (SSSR count). The third kappa shape index (κ3) is 6.22. The Labute approximate surface area is 244 Å². The zero-order valence-corrected chi connectivity index (χ0v) is 26.2. The van der Waals surface area contributed by atoms with Crippen molar-refractivity contribution in [3.05, 3.63) is 87.6 Å². The van der Waals surface area contributed by atoms with Crippen molar-refractivity contribution in [2.24, 2.45) is 11.7 Å². The van der Waals surface area contributed by atoms with Crippen LogP contribution in [0.1, 0.15) is 41.9 Å². The van der Waals surface area contributed by atoms with Crippen LogP contribution in [0, 0.1) is 5.92 Å². The van der Waals surface area contributed by atoms with Crippen LogP contribution < -0.4 is 11.5 Å². The number of fused-ring (bicyclic) bond motifs is 1. The van der Waals surface area contributed by atoms with E-state index in [0.29, 0.717) is 16.0 Å². The van der Waals surface area contributed by atoms with Gasteiger partial charge >= 0.3 is 194 Å². The third-order valence-electron chi connectivity index (χ3n) is 6.90. The average molecular weight is 673 g/mol. The number of ketones is 1. The molecule has 0 aliphatic carbocycles. The van der Waals surface area contributed by atoms with Crippen LogP contribution in [0.5, 0.6) is 0 Å². The summed E-state index contributed by atoms with van der Waals surface area (Å²) in [5.41, 5.74) is 15.9. The maximum atomic E-state index is 13.1. The summed E-state index contributed by atoms with van der Waals surface area (Å²) in [7, 11) is 0. The second kappa shape index (κ2) is 12.2. The molecule has 7 nitrogen and oxygen atoms in total. The van der Waals surface area contributed by atoms with E-state index in [9.17, 15) is 12.7 Å². The predicted octanol–water partition coefficient (Wildman–Crippen LogP) is 6.47. The van der Waals surface area contributed by atoms with Gasteiger partial charge in [0.05, 0.1) is 5.02 Å². The van der Waals surface area contributed by atoms with E-state index in [-0.39, 0.29) is 40.4 Å². The molecule has 10 heteroatoms. The van der Waals surface area contributed by atoms with E-state index in [1.165, 1.54) is 15.3 Å². The summed E-state index contributed by atoms with van der Waals surface area (Å²) in [5.74, 6) is -0.712. The summed E-state index contributed by atoms with van der Waals surface area (Å²) in [5, 5.41) is 1.23. The van der Waals surface area contributed by atoms with Gasteiger partial charge in [-0.2, -0.15) is 0 Å². The fraction of sp³-hybridized carbons (Fsp3) is 0.241. The van der Waals surface area contributed by atoms with Gasteiger partial charge in [-0.3, -0.25) is 0 Å². The molecule has 0 saturated carbocycles. The Kier molecular flexibility index (Phi) is 9.16. The van der Waals surface area contributed by atoms with Crippen LogP contribution in [0.3, 0.4) is 0 Å². The first-order valence-corrected chi connectivity index (χ1v) is 18.6. The van der Waals surface area contributed by atoms with Crippen LogP contribution in [0.4, 0.5) is 5.69 Å². The molecule has 1 heterocycles. The Bertz CT molecular complexity index is 1590. The number of hydrogen-bond donors (Lipinski definition) is 2. The number of nitrogens with zero attached hydrogens (tertiary/aromatic N) is 1. The van der Waals surface area contributed by atoms with Crippen molar-refractivity contribution >= 4 is 71.6 Å². The van der Waals surface area contributed by atoms with Crippen molar-refractivity contribution in [1.82, 2.24) is 3.12 Å². The molecule has 3 aromatic carbocycles. The topological polar surface area (TPSA) is 120 Å². The molecule has 202 valence electrons. The Morgan fingerprint density at radius 1 is 1.05 bits per heavy atom. The molecule has 1 amide bonds. The Balaban J connectivity index is 1.64. The molecular weight excluding hydrogens is 644 g/mol. The second-order valence-corrected chi connectivity index (χ2v) is 14.9. The molecule has 4 aromatic rings. The van der Waals surface area contributed by atoms with Crippen LogP contribution >= 0.6 is 23.2 Å².